The van der Waals surface area contributed by atoms with Gasteiger partial charge in [0.15, 0.2) is 0 Å². The van der Waals surface area contributed by atoms with Crippen LogP contribution in [0.15, 0.2) is 6.07 Å². The van der Waals surface area contributed by atoms with E-state index >= 15 is 0 Å². The Bertz CT molecular complexity index is 418. The molecular formula is C11H14ClF3N2O3. The molecule has 114 valence electrons. The Morgan fingerprint density at radius 3 is 2.55 bits per heavy atom. The van der Waals surface area contributed by atoms with Crippen molar-refractivity contribution >= 4 is 11.6 Å². The minimum Gasteiger partial charge on any atom is -0.475 e. The highest BCUT2D eigenvalue weighted by Gasteiger charge is 2.35. The summed E-state index contributed by atoms with van der Waals surface area (Å²) in [6, 6.07) is 1.11. The number of hydrogen-bond donors (Lipinski definition) is 0. The van der Waals surface area contributed by atoms with Crippen LogP contribution >= 0.6 is 11.6 Å². The second-order valence-corrected chi connectivity index (χ2v) is 4.04. The van der Waals surface area contributed by atoms with Crippen molar-refractivity contribution in [2.45, 2.75) is 12.6 Å². The predicted molar refractivity (Wildman–Crippen MR) is 64.9 cm³/mol. The van der Waals surface area contributed by atoms with Gasteiger partial charge in [-0.3, -0.25) is 0 Å². The third-order valence-electron chi connectivity index (χ3n) is 2.04. The van der Waals surface area contributed by atoms with E-state index in [-0.39, 0.29) is 24.2 Å². The van der Waals surface area contributed by atoms with Crippen molar-refractivity contribution in [2.24, 2.45) is 0 Å². The largest absolute Gasteiger partial charge is 0.475 e. The first-order valence-electron chi connectivity index (χ1n) is 5.74. The van der Waals surface area contributed by atoms with Crippen molar-refractivity contribution in [3.05, 3.63) is 17.0 Å². The molecule has 0 aliphatic carbocycles. The summed E-state index contributed by atoms with van der Waals surface area (Å²) in [6.45, 7) is 1.36. The van der Waals surface area contributed by atoms with Gasteiger partial charge in [-0.15, -0.1) is 0 Å². The molecule has 0 unspecified atom stereocenters. The Labute approximate surface area is 119 Å². The number of hydrogen-bond acceptors (Lipinski definition) is 5. The molecule has 0 saturated heterocycles. The Hall–Kier alpha value is -1.12. The van der Waals surface area contributed by atoms with Gasteiger partial charge in [0.2, 0.25) is 11.7 Å². The lowest BCUT2D eigenvalue weighted by Gasteiger charge is -2.09. The fraction of sp³-hybridized carbons (Fsp3) is 0.636. The van der Waals surface area contributed by atoms with E-state index in [1.54, 1.807) is 7.11 Å². The van der Waals surface area contributed by atoms with Gasteiger partial charge in [-0.2, -0.15) is 18.2 Å². The Kier molecular flexibility index (Phi) is 6.97. The number of halogens is 4. The Morgan fingerprint density at radius 1 is 1.15 bits per heavy atom. The molecule has 9 heteroatoms. The van der Waals surface area contributed by atoms with Gasteiger partial charge >= 0.3 is 6.18 Å². The first kappa shape index (κ1) is 16.9. The van der Waals surface area contributed by atoms with Crippen molar-refractivity contribution < 1.29 is 27.4 Å². The standard InChI is InChI=1S/C11H14ClF3N2O3/c1-18-3-2-4-19-5-6-20-9-7-8(12)16-10(17-9)11(13,14)15/h7H,2-6H2,1H3. The van der Waals surface area contributed by atoms with Gasteiger partial charge in [0.1, 0.15) is 11.8 Å². The maximum atomic E-state index is 12.4. The molecule has 0 aromatic carbocycles. The first-order chi connectivity index (χ1) is 9.43. The summed E-state index contributed by atoms with van der Waals surface area (Å²) in [7, 11) is 1.58. The summed E-state index contributed by atoms with van der Waals surface area (Å²) < 4.78 is 52.3. The zero-order valence-electron chi connectivity index (χ0n) is 10.7. The van der Waals surface area contributed by atoms with Crippen molar-refractivity contribution in [3.63, 3.8) is 0 Å². The Balaban J connectivity index is 2.39. The van der Waals surface area contributed by atoms with Gasteiger partial charge in [-0.1, -0.05) is 11.6 Å². The minimum absolute atomic E-state index is 0.0671. The average Bonchev–Trinajstić information content (AvgIpc) is 2.36. The highest BCUT2D eigenvalue weighted by molar-refractivity contribution is 6.29. The van der Waals surface area contributed by atoms with E-state index in [4.69, 9.17) is 25.8 Å². The molecule has 5 nitrogen and oxygen atoms in total. The summed E-state index contributed by atoms with van der Waals surface area (Å²) >= 11 is 5.48. The summed E-state index contributed by atoms with van der Waals surface area (Å²) in [5, 5.41) is -0.330. The molecule has 0 fully saturated rings. The van der Waals surface area contributed by atoms with Gasteiger partial charge in [0.25, 0.3) is 0 Å². The van der Waals surface area contributed by atoms with E-state index < -0.39 is 12.0 Å². The van der Waals surface area contributed by atoms with Crippen LogP contribution in [0, 0.1) is 0 Å². The molecule has 1 rings (SSSR count). The molecule has 1 aromatic rings. The number of rotatable bonds is 8. The van der Waals surface area contributed by atoms with Crippen molar-refractivity contribution in [1.82, 2.24) is 9.97 Å². The topological polar surface area (TPSA) is 53.5 Å². The third kappa shape index (κ3) is 6.36. The SMILES string of the molecule is COCCCOCCOc1cc(Cl)nc(C(F)(F)F)n1. The fourth-order valence-electron chi connectivity index (χ4n) is 1.21. The van der Waals surface area contributed by atoms with E-state index in [1.165, 1.54) is 0 Å². The molecule has 20 heavy (non-hydrogen) atoms. The zero-order valence-corrected chi connectivity index (χ0v) is 11.5. The van der Waals surface area contributed by atoms with Crippen LogP contribution in [0.25, 0.3) is 0 Å². The zero-order chi connectivity index (χ0) is 15.0. The molecule has 0 aliphatic rings. The van der Waals surface area contributed by atoms with Crippen LogP contribution in [-0.2, 0) is 15.7 Å². The second-order valence-electron chi connectivity index (χ2n) is 3.66. The smallest absolute Gasteiger partial charge is 0.451 e. The van der Waals surface area contributed by atoms with Gasteiger partial charge in [-0.25, -0.2) is 4.98 Å². The summed E-state index contributed by atoms with van der Waals surface area (Å²) in [5.41, 5.74) is 0. The monoisotopic (exact) mass is 314 g/mol. The van der Waals surface area contributed by atoms with Gasteiger partial charge in [0.05, 0.1) is 6.61 Å². The molecule has 1 aromatic heterocycles. The Morgan fingerprint density at radius 2 is 1.90 bits per heavy atom. The number of ether oxygens (including phenoxy) is 3. The lowest BCUT2D eigenvalue weighted by atomic mass is 10.5. The predicted octanol–water partition coefficient (Wildman–Crippen LogP) is 2.58. The van der Waals surface area contributed by atoms with Crippen LogP contribution in [0.4, 0.5) is 13.2 Å². The van der Waals surface area contributed by atoms with Gasteiger partial charge in [0, 0.05) is 26.4 Å². The van der Waals surface area contributed by atoms with Crippen LogP contribution in [0.3, 0.4) is 0 Å². The molecule has 0 N–H and O–H groups in total. The number of methoxy groups -OCH3 is 1. The van der Waals surface area contributed by atoms with Crippen LogP contribution in [0.2, 0.25) is 5.15 Å². The van der Waals surface area contributed by atoms with Crippen LogP contribution in [0.5, 0.6) is 5.88 Å². The second kappa shape index (κ2) is 8.23. The fourth-order valence-corrected chi connectivity index (χ4v) is 1.38. The molecule has 0 saturated carbocycles. The van der Waals surface area contributed by atoms with E-state index in [2.05, 4.69) is 9.97 Å². The average molecular weight is 315 g/mol. The highest BCUT2D eigenvalue weighted by Crippen LogP contribution is 2.28. The summed E-state index contributed by atoms with van der Waals surface area (Å²) in [6.07, 6.45) is -3.94. The van der Waals surface area contributed by atoms with Gasteiger partial charge in [-0.05, 0) is 6.42 Å². The maximum Gasteiger partial charge on any atom is 0.451 e. The van der Waals surface area contributed by atoms with E-state index in [1.807, 2.05) is 0 Å². The maximum absolute atomic E-state index is 12.4. The quantitative estimate of drug-likeness (QED) is 0.545. The molecule has 0 radical (unpaired) electrons. The highest BCUT2D eigenvalue weighted by atomic mass is 35.5. The molecule has 0 spiro atoms. The number of nitrogens with zero attached hydrogens (tertiary/aromatic N) is 2. The van der Waals surface area contributed by atoms with Crippen molar-refractivity contribution in [3.8, 4) is 5.88 Å². The van der Waals surface area contributed by atoms with Crippen LogP contribution in [0.1, 0.15) is 12.2 Å². The van der Waals surface area contributed by atoms with E-state index in [0.717, 1.165) is 12.5 Å². The molecule has 0 atom stereocenters. The molecule has 1 heterocycles. The normalized spacial score (nSPS) is 11.7. The first-order valence-corrected chi connectivity index (χ1v) is 6.12. The van der Waals surface area contributed by atoms with Crippen LogP contribution < -0.4 is 4.74 Å². The van der Waals surface area contributed by atoms with Crippen molar-refractivity contribution in [1.29, 1.82) is 0 Å². The lowest BCUT2D eigenvalue weighted by Crippen LogP contribution is -2.14. The number of alkyl halides is 3. The van der Waals surface area contributed by atoms with E-state index in [9.17, 15) is 13.2 Å². The van der Waals surface area contributed by atoms with Gasteiger partial charge < -0.3 is 14.2 Å². The van der Waals surface area contributed by atoms with E-state index in [0.29, 0.717) is 13.2 Å². The number of aromatic nitrogens is 2. The van der Waals surface area contributed by atoms with Crippen molar-refractivity contribution in [2.75, 3.05) is 33.5 Å². The third-order valence-corrected chi connectivity index (χ3v) is 2.23. The minimum atomic E-state index is -4.67. The molecule has 0 bridgehead atoms. The molecule has 0 amide bonds. The lowest BCUT2D eigenvalue weighted by molar-refractivity contribution is -0.145. The summed E-state index contributed by atoms with van der Waals surface area (Å²) in [5.74, 6) is -1.57. The molecule has 0 aliphatic heterocycles. The molecular weight excluding hydrogens is 301 g/mol. The van der Waals surface area contributed by atoms with Crippen LogP contribution in [-0.4, -0.2) is 43.5 Å². The summed E-state index contributed by atoms with van der Waals surface area (Å²) in [4.78, 5) is 6.32.